The molecule has 0 heterocycles. The Morgan fingerprint density at radius 1 is 1.03 bits per heavy atom. The molecule has 1 amide bonds. The lowest BCUT2D eigenvalue weighted by Gasteiger charge is -2.21. The zero-order valence-corrected chi connectivity index (χ0v) is 20.1. The molecule has 2 N–H and O–H groups in total. The number of carbonyl (C=O) groups excluding carboxylic acids is 1. The first-order chi connectivity index (χ1) is 16.1. The maximum atomic E-state index is 13.8. The SMILES string of the molecule is Cc1cc(/C=C/C(c2cc(C)c(Cl)c(C)c2)C(F)(F)F)ccc1NC1(C(=O)NCC(F)(F)F)CC1. The van der Waals surface area contributed by atoms with E-state index in [2.05, 4.69) is 5.32 Å². The summed E-state index contributed by atoms with van der Waals surface area (Å²) in [5, 5.41) is 5.32. The first-order valence-corrected chi connectivity index (χ1v) is 11.2. The van der Waals surface area contributed by atoms with E-state index in [0.29, 0.717) is 45.8 Å². The number of halogens is 7. The molecule has 2 aromatic carbocycles. The molecule has 0 saturated heterocycles. The van der Waals surface area contributed by atoms with Crippen molar-refractivity contribution < 1.29 is 31.1 Å². The first-order valence-electron chi connectivity index (χ1n) is 10.9. The Labute approximate surface area is 204 Å². The molecule has 0 bridgehead atoms. The Balaban J connectivity index is 1.77. The van der Waals surface area contributed by atoms with Gasteiger partial charge >= 0.3 is 12.4 Å². The van der Waals surface area contributed by atoms with E-state index in [-0.39, 0.29) is 5.56 Å². The predicted octanol–water partition coefficient (Wildman–Crippen LogP) is 7.25. The fraction of sp³-hybridized carbons (Fsp3) is 0.400. The van der Waals surface area contributed by atoms with Gasteiger partial charge < -0.3 is 10.6 Å². The lowest BCUT2D eigenvalue weighted by Crippen LogP contribution is -2.45. The van der Waals surface area contributed by atoms with Gasteiger partial charge in [-0.25, -0.2) is 0 Å². The average Bonchev–Trinajstić information content (AvgIpc) is 3.51. The van der Waals surface area contributed by atoms with Gasteiger partial charge in [0.15, 0.2) is 0 Å². The van der Waals surface area contributed by atoms with Crippen molar-refractivity contribution >= 4 is 29.3 Å². The summed E-state index contributed by atoms with van der Waals surface area (Å²) in [6.45, 7) is 3.60. The molecule has 3 nitrogen and oxygen atoms in total. The molecule has 190 valence electrons. The molecule has 2 aromatic rings. The number of rotatable bonds is 7. The predicted molar refractivity (Wildman–Crippen MR) is 125 cm³/mol. The molecular weight excluding hydrogens is 494 g/mol. The van der Waals surface area contributed by atoms with Gasteiger partial charge in [-0.3, -0.25) is 4.79 Å². The number of alkyl halides is 6. The van der Waals surface area contributed by atoms with Crippen LogP contribution < -0.4 is 10.6 Å². The number of carbonyl (C=O) groups is 1. The summed E-state index contributed by atoms with van der Waals surface area (Å²) >= 11 is 6.10. The molecule has 1 unspecified atom stereocenters. The van der Waals surface area contributed by atoms with Crippen LogP contribution in [-0.2, 0) is 4.79 Å². The van der Waals surface area contributed by atoms with Crippen molar-refractivity contribution in [2.75, 3.05) is 11.9 Å². The molecule has 1 atom stereocenters. The Morgan fingerprint density at radius 2 is 1.63 bits per heavy atom. The molecule has 0 radical (unpaired) electrons. The van der Waals surface area contributed by atoms with Gasteiger partial charge in [0, 0.05) is 10.7 Å². The fourth-order valence-electron chi connectivity index (χ4n) is 3.85. The third kappa shape index (κ3) is 6.72. The summed E-state index contributed by atoms with van der Waals surface area (Å²) in [5.74, 6) is -2.57. The molecule has 1 saturated carbocycles. The minimum atomic E-state index is -4.51. The minimum Gasteiger partial charge on any atom is -0.371 e. The number of nitrogens with one attached hydrogen (secondary N) is 2. The lowest BCUT2D eigenvalue weighted by atomic mass is 9.93. The average molecular weight is 519 g/mol. The number of anilines is 1. The van der Waals surface area contributed by atoms with E-state index in [4.69, 9.17) is 11.6 Å². The van der Waals surface area contributed by atoms with Crippen molar-refractivity contribution in [2.45, 2.75) is 57.4 Å². The van der Waals surface area contributed by atoms with E-state index in [1.807, 2.05) is 5.32 Å². The quantitative estimate of drug-likeness (QED) is 0.379. The highest BCUT2D eigenvalue weighted by atomic mass is 35.5. The number of hydrogen-bond donors (Lipinski definition) is 2. The smallest absolute Gasteiger partial charge is 0.371 e. The summed E-state index contributed by atoms with van der Waals surface area (Å²) in [5.41, 5.74) is 1.77. The van der Waals surface area contributed by atoms with E-state index in [9.17, 15) is 31.1 Å². The van der Waals surface area contributed by atoms with Crippen molar-refractivity contribution in [1.29, 1.82) is 0 Å². The van der Waals surface area contributed by atoms with Gasteiger partial charge in [-0.05, 0) is 73.6 Å². The lowest BCUT2D eigenvalue weighted by molar-refractivity contribution is -0.139. The Kier molecular flexibility index (Phi) is 7.50. The molecule has 3 rings (SSSR count). The number of benzene rings is 2. The van der Waals surface area contributed by atoms with Crippen LogP contribution in [0.3, 0.4) is 0 Å². The third-order valence-corrected chi connectivity index (χ3v) is 6.51. The maximum absolute atomic E-state index is 13.8. The van der Waals surface area contributed by atoms with Crippen LogP contribution in [0.2, 0.25) is 5.02 Å². The van der Waals surface area contributed by atoms with Crippen LogP contribution in [0.4, 0.5) is 32.0 Å². The van der Waals surface area contributed by atoms with Crippen LogP contribution in [0.1, 0.15) is 46.6 Å². The van der Waals surface area contributed by atoms with Crippen LogP contribution in [0.5, 0.6) is 0 Å². The number of hydrogen-bond acceptors (Lipinski definition) is 2. The normalized spacial score (nSPS) is 16.3. The maximum Gasteiger partial charge on any atom is 0.405 e. The van der Waals surface area contributed by atoms with Crippen LogP contribution in [0, 0.1) is 20.8 Å². The highest BCUT2D eigenvalue weighted by Gasteiger charge is 2.50. The van der Waals surface area contributed by atoms with Crippen molar-refractivity contribution in [3.05, 3.63) is 69.2 Å². The van der Waals surface area contributed by atoms with E-state index < -0.39 is 36.3 Å². The molecule has 0 aromatic heterocycles. The van der Waals surface area contributed by atoms with Crippen LogP contribution in [-0.4, -0.2) is 30.3 Å². The first kappa shape index (κ1) is 26.9. The number of aryl methyl sites for hydroxylation is 3. The van der Waals surface area contributed by atoms with Crippen molar-refractivity contribution in [3.8, 4) is 0 Å². The second kappa shape index (κ2) is 9.76. The van der Waals surface area contributed by atoms with Crippen LogP contribution in [0.15, 0.2) is 36.4 Å². The van der Waals surface area contributed by atoms with Crippen molar-refractivity contribution in [3.63, 3.8) is 0 Å². The van der Waals surface area contributed by atoms with Gasteiger partial charge in [-0.2, -0.15) is 26.3 Å². The summed E-state index contributed by atoms with van der Waals surface area (Å²) in [7, 11) is 0. The second-order valence-corrected chi connectivity index (χ2v) is 9.30. The monoisotopic (exact) mass is 518 g/mol. The van der Waals surface area contributed by atoms with Crippen molar-refractivity contribution in [1.82, 2.24) is 5.32 Å². The van der Waals surface area contributed by atoms with Crippen LogP contribution in [0.25, 0.3) is 6.08 Å². The third-order valence-electron chi connectivity index (χ3n) is 5.91. The molecular formula is C25H25ClF6N2O. The highest BCUT2D eigenvalue weighted by Crippen LogP contribution is 2.41. The standard InChI is InChI=1S/C25H25ClF6N2O/c1-14-10-17(4-6-19(25(30,31)32)18-11-15(2)21(26)16(3)12-18)5-7-20(14)34-23(8-9-23)22(35)33-13-24(27,28)29/h4-7,10-12,19,34H,8-9,13H2,1-3H3,(H,33,35)/b6-4+. The topological polar surface area (TPSA) is 41.1 Å². The molecule has 0 aliphatic heterocycles. The molecule has 0 spiro atoms. The van der Waals surface area contributed by atoms with Gasteiger partial charge in [0.25, 0.3) is 0 Å². The summed E-state index contributed by atoms with van der Waals surface area (Å²) in [6.07, 6.45) is -5.81. The molecule has 1 fully saturated rings. The van der Waals surface area contributed by atoms with Crippen LogP contribution >= 0.6 is 11.6 Å². The zero-order valence-electron chi connectivity index (χ0n) is 19.3. The second-order valence-electron chi connectivity index (χ2n) is 8.93. The van der Waals surface area contributed by atoms with E-state index in [1.165, 1.54) is 18.2 Å². The van der Waals surface area contributed by atoms with E-state index in [1.54, 1.807) is 39.0 Å². The molecule has 1 aliphatic rings. The molecule has 10 heteroatoms. The molecule has 1 aliphatic carbocycles. The summed E-state index contributed by atoms with van der Waals surface area (Å²) < 4.78 is 78.7. The van der Waals surface area contributed by atoms with Gasteiger partial charge in [-0.15, -0.1) is 0 Å². The van der Waals surface area contributed by atoms with Gasteiger partial charge in [0.2, 0.25) is 5.91 Å². The summed E-state index contributed by atoms with van der Waals surface area (Å²) in [4.78, 5) is 12.2. The van der Waals surface area contributed by atoms with Gasteiger partial charge in [0.1, 0.15) is 12.1 Å². The van der Waals surface area contributed by atoms with Crippen molar-refractivity contribution in [2.24, 2.45) is 0 Å². The minimum absolute atomic E-state index is 0.0868. The van der Waals surface area contributed by atoms with E-state index >= 15 is 0 Å². The zero-order chi connectivity index (χ0) is 26.2. The number of amides is 1. The summed E-state index contributed by atoms with van der Waals surface area (Å²) in [6, 6.07) is 7.69. The largest absolute Gasteiger partial charge is 0.405 e. The molecule has 35 heavy (non-hydrogen) atoms. The fourth-order valence-corrected chi connectivity index (χ4v) is 3.96. The van der Waals surface area contributed by atoms with Gasteiger partial charge in [-0.1, -0.05) is 42.0 Å². The number of allylic oxidation sites excluding steroid dienone is 1. The Hall–Kier alpha value is -2.68. The Morgan fingerprint density at radius 3 is 2.11 bits per heavy atom. The van der Waals surface area contributed by atoms with E-state index in [0.717, 1.165) is 6.08 Å². The Bertz CT molecular complexity index is 1110. The van der Waals surface area contributed by atoms with Gasteiger partial charge in [0.05, 0.1) is 5.92 Å². The highest BCUT2D eigenvalue weighted by molar-refractivity contribution is 6.32.